The lowest BCUT2D eigenvalue weighted by molar-refractivity contribution is -0.161. The molecule has 0 aromatic carbocycles. The maximum atomic E-state index is 13.0. The van der Waals surface area contributed by atoms with Gasteiger partial charge in [0.1, 0.15) is 19.3 Å². The average Bonchev–Trinajstić information content (AvgIpc) is 3.66. The van der Waals surface area contributed by atoms with Gasteiger partial charge in [-0.1, -0.05) is 291 Å². The van der Waals surface area contributed by atoms with Crippen molar-refractivity contribution in [3.63, 3.8) is 0 Å². The Balaban J connectivity index is 5.11. The van der Waals surface area contributed by atoms with Crippen LogP contribution in [0.4, 0.5) is 0 Å². The summed E-state index contributed by atoms with van der Waals surface area (Å²) < 4.78 is 67.8. The second-order valence-corrected chi connectivity index (χ2v) is 27.6. The molecule has 0 aliphatic carbocycles. The molecule has 0 aromatic heterocycles. The topological polar surface area (TPSA) is 237 Å². The molecule has 86 heavy (non-hydrogen) atoms. The molecule has 0 aliphatic heterocycles. The van der Waals surface area contributed by atoms with Crippen LogP contribution in [0.15, 0.2) is 0 Å². The van der Waals surface area contributed by atoms with Crippen LogP contribution in [0.25, 0.3) is 0 Å². The maximum Gasteiger partial charge on any atom is 0.472 e. The molecule has 0 heterocycles. The summed E-state index contributed by atoms with van der Waals surface area (Å²) in [4.78, 5) is 72.0. The Morgan fingerprint density at radius 1 is 0.314 bits per heavy atom. The first kappa shape index (κ1) is 84.1. The Kier molecular flexibility index (Phi) is 59.2. The van der Waals surface area contributed by atoms with E-state index in [0.717, 1.165) is 115 Å². The molecule has 0 saturated carbocycles. The summed E-state index contributed by atoms with van der Waals surface area (Å²) in [5.74, 6) is -1.36. The van der Waals surface area contributed by atoms with Crippen molar-refractivity contribution in [3.05, 3.63) is 0 Å². The Morgan fingerprint density at radius 2 is 0.535 bits per heavy atom. The number of rotatable bonds is 67. The van der Waals surface area contributed by atoms with Crippen molar-refractivity contribution in [2.75, 3.05) is 39.6 Å². The van der Waals surface area contributed by atoms with Gasteiger partial charge in [0.15, 0.2) is 12.2 Å². The van der Waals surface area contributed by atoms with Gasteiger partial charge in [0.2, 0.25) is 0 Å². The minimum Gasteiger partial charge on any atom is -0.462 e. The van der Waals surface area contributed by atoms with Crippen molar-refractivity contribution in [3.8, 4) is 0 Å². The standard InChI is InChI=1S/C67H130O17P2/c1-6-9-12-15-17-18-19-20-21-22-23-24-25-26-31-34-38-43-48-53-67(72)84-63(57-78-65(70)51-46-41-37-33-30-28-27-29-32-36-40-44-49-60(4)5)59-82-86(75,76)80-55-61(68)54-79-85(73,74)81-58-62(56-77-64(69)50-45-39-14-11-8-3)83-66(71)52-47-42-35-16-13-10-7-2/h60-63,68H,6-59H2,1-5H3,(H,73,74)(H,75,76)/t61-,62+,63+/m0/s1. The SMILES string of the molecule is CCCCCCCCCCCCCCCCCCCCCC(=O)O[C@H](COC(=O)CCCCCCCCCCCCCCC(C)C)COP(=O)(O)OC[C@@H](O)COP(=O)(O)OC[C@@H](COC(=O)CCCCCCC)OC(=O)CCCCCCCCC. The summed E-state index contributed by atoms with van der Waals surface area (Å²) in [7, 11) is -9.88. The van der Waals surface area contributed by atoms with Crippen molar-refractivity contribution in [1.29, 1.82) is 0 Å². The molecule has 0 aromatic rings. The molecule has 5 atom stereocenters. The number of ether oxygens (including phenoxy) is 4. The molecule has 510 valence electrons. The van der Waals surface area contributed by atoms with Gasteiger partial charge in [-0.2, -0.15) is 0 Å². The van der Waals surface area contributed by atoms with Gasteiger partial charge in [0.05, 0.1) is 26.4 Å². The highest BCUT2D eigenvalue weighted by molar-refractivity contribution is 7.47. The monoisotopic (exact) mass is 1270 g/mol. The Bertz CT molecular complexity index is 1670. The molecular formula is C67H130O17P2. The second kappa shape index (κ2) is 60.6. The molecule has 0 rings (SSSR count). The predicted molar refractivity (Wildman–Crippen MR) is 345 cm³/mol. The number of hydrogen-bond donors (Lipinski definition) is 3. The van der Waals surface area contributed by atoms with Crippen LogP contribution >= 0.6 is 15.6 Å². The third kappa shape index (κ3) is 60.9. The zero-order chi connectivity index (χ0) is 63.5. The summed E-state index contributed by atoms with van der Waals surface area (Å²) in [5, 5.41) is 10.5. The van der Waals surface area contributed by atoms with Crippen LogP contribution in [0, 0.1) is 5.92 Å². The molecule has 0 fully saturated rings. The van der Waals surface area contributed by atoms with E-state index in [-0.39, 0.29) is 25.7 Å². The Hall–Kier alpha value is -1.94. The number of hydrogen-bond acceptors (Lipinski definition) is 15. The number of carbonyl (C=O) groups excluding carboxylic acids is 4. The summed E-state index contributed by atoms with van der Waals surface area (Å²) in [5.41, 5.74) is 0. The fraction of sp³-hybridized carbons (Fsp3) is 0.940. The number of phosphoric acid groups is 2. The fourth-order valence-electron chi connectivity index (χ4n) is 10.1. The molecule has 0 radical (unpaired) electrons. The van der Waals surface area contributed by atoms with Gasteiger partial charge in [0.25, 0.3) is 0 Å². The van der Waals surface area contributed by atoms with Gasteiger partial charge in [-0.3, -0.25) is 37.3 Å². The number of unbranched alkanes of at least 4 members (excludes halogenated alkanes) is 39. The number of phosphoric ester groups is 2. The van der Waals surface area contributed by atoms with Crippen molar-refractivity contribution >= 4 is 39.5 Å². The van der Waals surface area contributed by atoms with Crippen LogP contribution in [-0.4, -0.2) is 96.7 Å². The maximum absolute atomic E-state index is 13.0. The number of aliphatic hydroxyl groups excluding tert-OH is 1. The van der Waals surface area contributed by atoms with E-state index >= 15 is 0 Å². The summed E-state index contributed by atoms with van der Waals surface area (Å²) in [6.07, 6.45) is 46.5. The van der Waals surface area contributed by atoms with Gasteiger partial charge in [0, 0.05) is 25.7 Å². The largest absolute Gasteiger partial charge is 0.472 e. The van der Waals surface area contributed by atoms with Crippen molar-refractivity contribution in [2.24, 2.45) is 5.92 Å². The highest BCUT2D eigenvalue weighted by Crippen LogP contribution is 2.45. The highest BCUT2D eigenvalue weighted by atomic mass is 31.2. The highest BCUT2D eigenvalue weighted by Gasteiger charge is 2.30. The number of carbonyl (C=O) groups is 4. The van der Waals surface area contributed by atoms with Gasteiger partial charge < -0.3 is 33.8 Å². The van der Waals surface area contributed by atoms with E-state index in [1.165, 1.54) is 148 Å². The number of aliphatic hydroxyl groups is 1. The lowest BCUT2D eigenvalue weighted by Crippen LogP contribution is -2.30. The summed E-state index contributed by atoms with van der Waals surface area (Å²) in [6.45, 7) is 7.10. The van der Waals surface area contributed by atoms with Crippen LogP contribution < -0.4 is 0 Å². The zero-order valence-electron chi connectivity index (χ0n) is 55.4. The van der Waals surface area contributed by atoms with E-state index in [4.69, 9.17) is 37.0 Å². The first-order valence-electron chi connectivity index (χ1n) is 35.1. The van der Waals surface area contributed by atoms with Gasteiger partial charge in [-0.05, 0) is 31.6 Å². The molecule has 0 spiro atoms. The zero-order valence-corrected chi connectivity index (χ0v) is 57.2. The minimum absolute atomic E-state index is 0.103. The van der Waals surface area contributed by atoms with E-state index in [0.29, 0.717) is 25.7 Å². The van der Waals surface area contributed by atoms with Crippen LogP contribution in [0.1, 0.15) is 343 Å². The van der Waals surface area contributed by atoms with Gasteiger partial charge in [-0.15, -0.1) is 0 Å². The molecule has 0 bridgehead atoms. The quantitative estimate of drug-likeness (QED) is 0.0222. The van der Waals surface area contributed by atoms with Crippen LogP contribution in [0.3, 0.4) is 0 Å². The van der Waals surface area contributed by atoms with Crippen molar-refractivity contribution in [2.45, 2.75) is 361 Å². The Labute approximate surface area is 524 Å². The molecule has 2 unspecified atom stereocenters. The van der Waals surface area contributed by atoms with Crippen LogP contribution in [-0.2, 0) is 65.4 Å². The third-order valence-electron chi connectivity index (χ3n) is 15.5. The van der Waals surface area contributed by atoms with E-state index in [1.807, 2.05) is 0 Å². The van der Waals surface area contributed by atoms with E-state index in [1.54, 1.807) is 0 Å². The molecule has 0 amide bonds. The average molecular weight is 1270 g/mol. The van der Waals surface area contributed by atoms with Crippen molar-refractivity contribution < 1.29 is 80.2 Å². The Morgan fingerprint density at radius 3 is 0.791 bits per heavy atom. The normalized spacial score (nSPS) is 14.2. The smallest absolute Gasteiger partial charge is 0.462 e. The van der Waals surface area contributed by atoms with E-state index < -0.39 is 97.5 Å². The summed E-state index contributed by atoms with van der Waals surface area (Å²) >= 11 is 0. The minimum atomic E-state index is -4.95. The molecule has 3 N–H and O–H groups in total. The first-order chi connectivity index (χ1) is 41.5. The van der Waals surface area contributed by atoms with Gasteiger partial charge in [-0.25, -0.2) is 9.13 Å². The van der Waals surface area contributed by atoms with Crippen LogP contribution in [0.2, 0.25) is 0 Å². The second-order valence-electron chi connectivity index (χ2n) is 24.7. The van der Waals surface area contributed by atoms with Crippen molar-refractivity contribution in [1.82, 2.24) is 0 Å². The first-order valence-corrected chi connectivity index (χ1v) is 38.1. The third-order valence-corrected chi connectivity index (χ3v) is 17.4. The molecule has 0 aliphatic rings. The molecule has 17 nitrogen and oxygen atoms in total. The molecule has 0 saturated heterocycles. The number of esters is 4. The van der Waals surface area contributed by atoms with Gasteiger partial charge >= 0.3 is 39.5 Å². The predicted octanol–water partition coefficient (Wildman–Crippen LogP) is 19.0. The van der Waals surface area contributed by atoms with E-state index in [2.05, 4.69) is 34.6 Å². The van der Waals surface area contributed by atoms with Crippen LogP contribution in [0.5, 0.6) is 0 Å². The lowest BCUT2D eigenvalue weighted by atomic mass is 10.0. The molecule has 19 heteroatoms. The van der Waals surface area contributed by atoms with E-state index in [9.17, 15) is 43.2 Å². The molecular weight excluding hydrogens is 1140 g/mol. The lowest BCUT2D eigenvalue weighted by Gasteiger charge is -2.21. The summed E-state index contributed by atoms with van der Waals surface area (Å²) in [6, 6.07) is 0. The fourth-order valence-corrected chi connectivity index (χ4v) is 11.7.